The number of rotatable bonds is 2. The first kappa shape index (κ1) is 18.6. The molecule has 2 unspecified atom stereocenters. The molecule has 1 aliphatic rings. The van der Waals surface area contributed by atoms with Gasteiger partial charge in [-0.15, -0.1) is 0 Å². The topological polar surface area (TPSA) is 128 Å². The molecule has 2 atom stereocenters. The Morgan fingerprint density at radius 2 is 2.00 bits per heavy atom. The van der Waals surface area contributed by atoms with E-state index in [9.17, 15) is 18.9 Å². The van der Waals surface area contributed by atoms with Gasteiger partial charge in [0.1, 0.15) is 6.61 Å². The normalized spacial score (nSPS) is 31.8. The molecule has 1 saturated heterocycles. The van der Waals surface area contributed by atoms with Crippen molar-refractivity contribution in [3.63, 3.8) is 0 Å². The molecule has 0 aromatic heterocycles. The maximum Gasteiger partial charge on any atom is 1.00 e. The van der Waals surface area contributed by atoms with Gasteiger partial charge in [0, 0.05) is 0 Å². The average molecular weight is 264 g/mol. The van der Waals surface area contributed by atoms with E-state index in [4.69, 9.17) is 5.11 Å². The van der Waals surface area contributed by atoms with Crippen LogP contribution in [0.1, 0.15) is 0 Å². The van der Waals surface area contributed by atoms with Gasteiger partial charge in [-0.25, -0.2) is 4.57 Å². The van der Waals surface area contributed by atoms with Crippen LogP contribution in [0.3, 0.4) is 0 Å². The first-order valence-corrected chi connectivity index (χ1v) is 5.57. The van der Waals surface area contributed by atoms with Crippen molar-refractivity contribution in [1.29, 1.82) is 0 Å². The summed E-state index contributed by atoms with van der Waals surface area (Å²) in [5.41, 5.74) is 0. The van der Waals surface area contributed by atoms with E-state index in [0.717, 1.165) is 0 Å². The third-order valence-corrected chi connectivity index (χ3v) is 3.39. The number of hydrogen-bond acceptors (Lipinski definition) is 8. The van der Waals surface area contributed by atoms with E-state index in [2.05, 4.69) is 13.4 Å². The number of phosphoric acid groups is 2. The van der Waals surface area contributed by atoms with Crippen LogP contribution in [0.15, 0.2) is 0 Å². The van der Waals surface area contributed by atoms with Crippen LogP contribution in [0, 0.1) is 0 Å². The summed E-state index contributed by atoms with van der Waals surface area (Å²) in [6.07, 6.45) is -1.54. The summed E-state index contributed by atoms with van der Waals surface area (Å²) in [4.78, 5) is 19.9. The van der Waals surface area contributed by atoms with Gasteiger partial charge in [-0.3, -0.25) is 13.4 Å². The van der Waals surface area contributed by atoms with Crippen LogP contribution in [0.5, 0.6) is 0 Å². The van der Waals surface area contributed by atoms with Crippen molar-refractivity contribution in [1.82, 2.24) is 0 Å². The van der Waals surface area contributed by atoms with Crippen molar-refractivity contribution in [2.24, 2.45) is 0 Å². The van der Waals surface area contributed by atoms with Gasteiger partial charge in [-0.05, 0) is 0 Å². The van der Waals surface area contributed by atoms with E-state index in [-0.39, 0.29) is 59.1 Å². The fourth-order valence-corrected chi connectivity index (χ4v) is 2.58. The van der Waals surface area contributed by atoms with E-state index in [0.29, 0.717) is 0 Å². The van der Waals surface area contributed by atoms with Gasteiger partial charge in [0.25, 0.3) is 0 Å². The number of hydrogen-bond donors (Lipinski definition) is 1. The Hall–Kier alpha value is 2.22. The molecule has 0 saturated carbocycles. The van der Waals surface area contributed by atoms with Gasteiger partial charge in [-0.2, -0.15) is 0 Å². The molecular weight excluding hydrogens is 260 g/mol. The molecule has 0 aromatic carbocycles. The van der Waals surface area contributed by atoms with Crippen LogP contribution in [0.4, 0.5) is 0 Å². The van der Waals surface area contributed by atoms with Gasteiger partial charge in [0.15, 0.2) is 6.29 Å². The van der Waals surface area contributed by atoms with Crippen LogP contribution in [0.2, 0.25) is 0 Å². The molecule has 0 aliphatic carbocycles. The molecule has 1 N–H and O–H groups in total. The second-order valence-corrected chi connectivity index (χ2v) is 4.74. The summed E-state index contributed by atoms with van der Waals surface area (Å²) in [5.74, 6) is 0. The summed E-state index contributed by atoms with van der Waals surface area (Å²) in [6, 6.07) is 0. The molecule has 8 nitrogen and oxygen atoms in total. The van der Waals surface area contributed by atoms with Crippen LogP contribution in [-0.2, 0) is 22.5 Å². The maximum atomic E-state index is 10.8. The smallest absolute Gasteiger partial charge is 0.789 e. The monoisotopic (exact) mass is 264 g/mol. The zero-order chi connectivity index (χ0) is 9.41. The summed E-state index contributed by atoms with van der Waals surface area (Å²) >= 11 is 0. The van der Waals surface area contributed by atoms with E-state index in [1.807, 2.05) is 0 Å². The zero-order valence-corrected chi connectivity index (χ0v) is 13.3. The summed E-state index contributed by atoms with van der Waals surface area (Å²) < 4.78 is 32.4. The Morgan fingerprint density at radius 1 is 1.50 bits per heavy atom. The molecule has 0 aromatic rings. The Morgan fingerprint density at radius 3 is 2.29 bits per heavy atom. The van der Waals surface area contributed by atoms with E-state index >= 15 is 0 Å². The largest absolute Gasteiger partial charge is 1.00 e. The third kappa shape index (κ3) is 6.73. The SMILES string of the molecule is O=P([O-])([O-])OP1(=O)OCC(O)O1.[Na+].[Na+]. The Bertz CT molecular complexity index is 262. The summed E-state index contributed by atoms with van der Waals surface area (Å²) in [6.45, 7) is -0.503. The van der Waals surface area contributed by atoms with Gasteiger partial charge >= 0.3 is 66.9 Å². The maximum absolute atomic E-state index is 10.8. The second kappa shape index (κ2) is 6.83. The van der Waals surface area contributed by atoms with Gasteiger partial charge < -0.3 is 19.5 Å². The molecule has 0 bridgehead atoms. The Labute approximate surface area is 124 Å². The van der Waals surface area contributed by atoms with E-state index in [1.165, 1.54) is 0 Å². The summed E-state index contributed by atoms with van der Waals surface area (Å²) in [7, 11) is -9.82. The molecule has 72 valence electrons. The van der Waals surface area contributed by atoms with Crippen molar-refractivity contribution >= 4 is 15.6 Å². The summed E-state index contributed by atoms with van der Waals surface area (Å²) in [5, 5.41) is 8.57. The zero-order valence-electron chi connectivity index (χ0n) is 7.48. The molecule has 14 heavy (non-hydrogen) atoms. The van der Waals surface area contributed by atoms with Crippen molar-refractivity contribution in [3.05, 3.63) is 0 Å². The van der Waals surface area contributed by atoms with Crippen molar-refractivity contribution < 1.29 is 96.5 Å². The van der Waals surface area contributed by atoms with Crippen molar-refractivity contribution in [2.45, 2.75) is 6.29 Å². The minimum absolute atomic E-state index is 0. The molecule has 0 spiro atoms. The predicted molar refractivity (Wildman–Crippen MR) is 29.3 cm³/mol. The fourth-order valence-electron chi connectivity index (χ4n) is 0.530. The fraction of sp³-hybridized carbons (Fsp3) is 1.00. The molecule has 1 rings (SSSR count). The van der Waals surface area contributed by atoms with Crippen molar-refractivity contribution in [3.8, 4) is 0 Å². The Kier molecular flexibility index (Phi) is 9.07. The standard InChI is InChI=1S/C2H6O8P2.2Na/c3-2-1-8-12(7,9-2)10-11(4,5)6;;/h2-3H,1H2,(H2,4,5,6);;/q;2*+1/p-2. The molecule has 1 fully saturated rings. The van der Waals surface area contributed by atoms with Crippen LogP contribution < -0.4 is 68.9 Å². The first-order chi connectivity index (χ1) is 5.31. The van der Waals surface area contributed by atoms with Crippen molar-refractivity contribution in [2.75, 3.05) is 6.61 Å². The first-order valence-electron chi connectivity index (χ1n) is 2.65. The quantitative estimate of drug-likeness (QED) is 0.384. The number of aliphatic hydroxyl groups is 1. The molecule has 0 radical (unpaired) electrons. The number of phosphoric ester groups is 1. The van der Waals surface area contributed by atoms with E-state index in [1.54, 1.807) is 0 Å². The second-order valence-electron chi connectivity index (χ2n) is 1.83. The molecular formula is C2H4Na2O8P2. The van der Waals surface area contributed by atoms with Gasteiger partial charge in [0.05, 0.1) is 7.82 Å². The molecule has 1 aliphatic heterocycles. The average Bonchev–Trinajstić information content (AvgIpc) is 2.05. The molecule has 1 heterocycles. The molecule has 12 heteroatoms. The Balaban J connectivity index is 0. The van der Waals surface area contributed by atoms with Gasteiger partial charge in [0.2, 0.25) is 0 Å². The van der Waals surface area contributed by atoms with Gasteiger partial charge in [-0.1, -0.05) is 0 Å². The van der Waals surface area contributed by atoms with Crippen LogP contribution in [0.25, 0.3) is 0 Å². The minimum Gasteiger partial charge on any atom is -0.789 e. The molecule has 0 amide bonds. The van der Waals surface area contributed by atoms with Crippen LogP contribution in [-0.4, -0.2) is 18.0 Å². The minimum atomic E-state index is -5.43. The number of aliphatic hydroxyl groups excluding tert-OH is 1. The van der Waals surface area contributed by atoms with E-state index < -0.39 is 28.5 Å². The van der Waals surface area contributed by atoms with Crippen LogP contribution >= 0.6 is 15.6 Å². The third-order valence-electron chi connectivity index (χ3n) is 0.826. The predicted octanol–water partition coefficient (Wildman–Crippen LogP) is -7.69.